The lowest BCUT2D eigenvalue weighted by molar-refractivity contribution is -0.131. The standard InChI is InChI=1S/C22H26N4O4/c1-29-19-4-2-3-17(13-19)15-26-8-7-25(16-21(26)27)20-6-5-18(14-23-20)22(28)24-9-11-30-12-10-24/h2-6,13-14H,7-12,15-16H2,1H3. The maximum atomic E-state index is 12.7. The van der Waals surface area contributed by atoms with E-state index in [2.05, 4.69) is 4.98 Å². The molecule has 158 valence electrons. The van der Waals surface area contributed by atoms with Crippen molar-refractivity contribution in [2.24, 2.45) is 0 Å². The van der Waals surface area contributed by atoms with Gasteiger partial charge in [-0.2, -0.15) is 0 Å². The average molecular weight is 410 g/mol. The molecule has 0 atom stereocenters. The predicted molar refractivity (Wildman–Crippen MR) is 112 cm³/mol. The summed E-state index contributed by atoms with van der Waals surface area (Å²) in [5, 5.41) is 0. The summed E-state index contributed by atoms with van der Waals surface area (Å²) in [6.07, 6.45) is 1.60. The third-order valence-electron chi connectivity index (χ3n) is 5.44. The minimum absolute atomic E-state index is 0.0310. The summed E-state index contributed by atoms with van der Waals surface area (Å²) in [7, 11) is 1.63. The number of morpholine rings is 1. The Morgan fingerprint density at radius 2 is 1.97 bits per heavy atom. The molecule has 8 heteroatoms. The second kappa shape index (κ2) is 9.13. The third-order valence-corrected chi connectivity index (χ3v) is 5.44. The lowest BCUT2D eigenvalue weighted by Gasteiger charge is -2.35. The molecule has 0 N–H and O–H groups in total. The smallest absolute Gasteiger partial charge is 0.255 e. The second-order valence-corrected chi connectivity index (χ2v) is 7.40. The van der Waals surface area contributed by atoms with Gasteiger partial charge < -0.3 is 24.2 Å². The first-order valence-corrected chi connectivity index (χ1v) is 10.1. The zero-order valence-electron chi connectivity index (χ0n) is 17.1. The van der Waals surface area contributed by atoms with Crippen LogP contribution in [0, 0.1) is 0 Å². The van der Waals surface area contributed by atoms with Crippen LogP contribution in [0.25, 0.3) is 0 Å². The van der Waals surface area contributed by atoms with Crippen molar-refractivity contribution in [1.82, 2.24) is 14.8 Å². The number of carbonyl (C=O) groups excluding carboxylic acids is 2. The summed E-state index contributed by atoms with van der Waals surface area (Å²) >= 11 is 0. The van der Waals surface area contributed by atoms with E-state index in [1.54, 1.807) is 24.3 Å². The highest BCUT2D eigenvalue weighted by atomic mass is 16.5. The third kappa shape index (κ3) is 4.54. The lowest BCUT2D eigenvalue weighted by atomic mass is 10.1. The van der Waals surface area contributed by atoms with Gasteiger partial charge in [0.1, 0.15) is 11.6 Å². The molecule has 30 heavy (non-hydrogen) atoms. The van der Waals surface area contributed by atoms with Crippen molar-refractivity contribution in [3.05, 3.63) is 53.7 Å². The van der Waals surface area contributed by atoms with Gasteiger partial charge in [-0.15, -0.1) is 0 Å². The van der Waals surface area contributed by atoms with E-state index in [-0.39, 0.29) is 18.4 Å². The number of ether oxygens (including phenoxy) is 2. The van der Waals surface area contributed by atoms with Crippen LogP contribution in [0.4, 0.5) is 5.82 Å². The Morgan fingerprint density at radius 3 is 2.67 bits per heavy atom. The maximum absolute atomic E-state index is 12.7. The fourth-order valence-electron chi connectivity index (χ4n) is 3.71. The number of hydrogen-bond donors (Lipinski definition) is 0. The Balaban J connectivity index is 1.35. The Morgan fingerprint density at radius 1 is 1.13 bits per heavy atom. The molecule has 4 rings (SSSR count). The van der Waals surface area contributed by atoms with Gasteiger partial charge in [0, 0.05) is 38.9 Å². The highest BCUT2D eigenvalue weighted by Crippen LogP contribution is 2.19. The van der Waals surface area contributed by atoms with E-state index in [0.717, 1.165) is 11.3 Å². The number of hydrogen-bond acceptors (Lipinski definition) is 6. The molecule has 0 bridgehead atoms. The topological polar surface area (TPSA) is 75.2 Å². The molecule has 2 fully saturated rings. The zero-order chi connectivity index (χ0) is 20.9. The summed E-state index contributed by atoms with van der Waals surface area (Å²) < 4.78 is 10.6. The molecule has 8 nitrogen and oxygen atoms in total. The number of carbonyl (C=O) groups is 2. The van der Waals surface area contributed by atoms with E-state index >= 15 is 0 Å². The SMILES string of the molecule is COc1cccc(CN2CCN(c3ccc(C(=O)N4CCOCC4)cn3)CC2=O)c1. The molecule has 2 aliphatic rings. The first-order valence-electron chi connectivity index (χ1n) is 10.1. The Labute approximate surface area is 176 Å². The summed E-state index contributed by atoms with van der Waals surface area (Å²) in [5.41, 5.74) is 1.60. The highest BCUT2D eigenvalue weighted by Gasteiger charge is 2.25. The Kier molecular flexibility index (Phi) is 6.13. The van der Waals surface area contributed by atoms with Gasteiger partial charge in [-0.05, 0) is 29.8 Å². The number of methoxy groups -OCH3 is 1. The van der Waals surface area contributed by atoms with Crippen molar-refractivity contribution < 1.29 is 19.1 Å². The summed E-state index contributed by atoms with van der Waals surface area (Å²) in [6.45, 7) is 4.48. The van der Waals surface area contributed by atoms with Crippen molar-refractivity contribution in [2.75, 3.05) is 57.9 Å². The molecule has 0 unspecified atom stereocenters. The average Bonchev–Trinajstić information content (AvgIpc) is 2.81. The first-order chi connectivity index (χ1) is 14.6. The summed E-state index contributed by atoms with van der Waals surface area (Å²) in [4.78, 5) is 35.2. The highest BCUT2D eigenvalue weighted by molar-refractivity contribution is 5.94. The van der Waals surface area contributed by atoms with E-state index in [9.17, 15) is 9.59 Å². The monoisotopic (exact) mass is 410 g/mol. The van der Waals surface area contributed by atoms with Crippen LogP contribution >= 0.6 is 0 Å². The number of nitrogens with zero attached hydrogens (tertiary/aromatic N) is 4. The van der Waals surface area contributed by atoms with E-state index in [4.69, 9.17) is 9.47 Å². The zero-order valence-corrected chi connectivity index (χ0v) is 17.1. The molecule has 0 saturated carbocycles. The molecule has 2 aromatic rings. The van der Waals surface area contributed by atoms with Crippen molar-refractivity contribution in [2.45, 2.75) is 6.54 Å². The Bertz CT molecular complexity index is 896. The summed E-state index contributed by atoms with van der Waals surface area (Å²) in [5.74, 6) is 1.52. The molecule has 2 saturated heterocycles. The number of pyridine rings is 1. The van der Waals surface area contributed by atoms with Gasteiger partial charge in [-0.25, -0.2) is 4.98 Å². The molecule has 2 aliphatic heterocycles. The Hall–Kier alpha value is -3.13. The van der Waals surface area contributed by atoms with Crippen molar-refractivity contribution >= 4 is 17.6 Å². The van der Waals surface area contributed by atoms with Crippen LogP contribution in [0.3, 0.4) is 0 Å². The van der Waals surface area contributed by atoms with Crippen molar-refractivity contribution in [3.63, 3.8) is 0 Å². The van der Waals surface area contributed by atoms with E-state index in [0.29, 0.717) is 57.3 Å². The fourth-order valence-corrected chi connectivity index (χ4v) is 3.71. The summed E-state index contributed by atoms with van der Waals surface area (Å²) in [6, 6.07) is 11.4. The molecule has 0 aliphatic carbocycles. The minimum atomic E-state index is -0.0310. The number of benzene rings is 1. The molecule has 3 heterocycles. The molecule has 0 radical (unpaired) electrons. The van der Waals surface area contributed by atoms with Gasteiger partial charge in [-0.3, -0.25) is 9.59 Å². The molecule has 1 aromatic carbocycles. The predicted octanol–water partition coefficient (Wildman–Crippen LogP) is 1.41. The van der Waals surface area contributed by atoms with Crippen LogP contribution in [-0.2, 0) is 16.1 Å². The number of aromatic nitrogens is 1. The molecule has 0 spiro atoms. The van der Waals surface area contributed by atoms with Crippen LogP contribution in [0.2, 0.25) is 0 Å². The number of anilines is 1. The van der Waals surface area contributed by atoms with Gasteiger partial charge in [0.2, 0.25) is 5.91 Å². The first kappa shape index (κ1) is 20.2. The molecule has 1 aromatic heterocycles. The van der Waals surface area contributed by atoms with Crippen molar-refractivity contribution in [3.8, 4) is 5.75 Å². The van der Waals surface area contributed by atoms with Gasteiger partial charge in [0.25, 0.3) is 5.91 Å². The van der Waals surface area contributed by atoms with Crippen LogP contribution in [0.1, 0.15) is 15.9 Å². The number of rotatable bonds is 5. The van der Waals surface area contributed by atoms with Crippen LogP contribution in [0.15, 0.2) is 42.6 Å². The molecular weight excluding hydrogens is 384 g/mol. The van der Waals surface area contributed by atoms with Gasteiger partial charge in [-0.1, -0.05) is 12.1 Å². The fraction of sp³-hybridized carbons (Fsp3) is 0.409. The van der Waals surface area contributed by atoms with Gasteiger partial charge in [0.05, 0.1) is 32.4 Å². The number of piperazine rings is 1. The van der Waals surface area contributed by atoms with Gasteiger partial charge >= 0.3 is 0 Å². The number of amides is 2. The second-order valence-electron chi connectivity index (χ2n) is 7.40. The normalized spacial score (nSPS) is 17.2. The molecular formula is C22H26N4O4. The largest absolute Gasteiger partial charge is 0.497 e. The quantitative estimate of drug-likeness (QED) is 0.742. The van der Waals surface area contributed by atoms with E-state index < -0.39 is 0 Å². The van der Waals surface area contributed by atoms with Gasteiger partial charge in [0.15, 0.2) is 0 Å². The minimum Gasteiger partial charge on any atom is -0.497 e. The van der Waals surface area contributed by atoms with Crippen LogP contribution in [-0.4, -0.2) is 79.6 Å². The van der Waals surface area contributed by atoms with Crippen LogP contribution < -0.4 is 9.64 Å². The van der Waals surface area contributed by atoms with Crippen LogP contribution in [0.5, 0.6) is 5.75 Å². The lowest BCUT2D eigenvalue weighted by Crippen LogP contribution is -2.50. The maximum Gasteiger partial charge on any atom is 0.255 e. The van der Waals surface area contributed by atoms with E-state index in [1.165, 1.54) is 0 Å². The van der Waals surface area contributed by atoms with E-state index in [1.807, 2.05) is 40.1 Å². The van der Waals surface area contributed by atoms with Crippen molar-refractivity contribution in [1.29, 1.82) is 0 Å². The molecule has 2 amide bonds.